The summed E-state index contributed by atoms with van der Waals surface area (Å²) in [6.45, 7) is 0. The first-order valence-corrected chi connectivity index (χ1v) is 7.00. The Kier molecular flexibility index (Phi) is 4.26. The molecule has 0 bridgehead atoms. The summed E-state index contributed by atoms with van der Waals surface area (Å²) in [6.07, 6.45) is 1.41. The van der Waals surface area contributed by atoms with Crippen LogP contribution in [0.15, 0.2) is 30.5 Å². The second-order valence-corrected chi connectivity index (χ2v) is 5.09. The molecule has 0 saturated heterocycles. The SMILES string of the molecule is N#Cc1c(-c2c(F)c(F)c(F)c(F)c2F)cc(-c2ccccn2)nc1N. The molecule has 3 aromatic rings. The van der Waals surface area contributed by atoms with Crippen LogP contribution in [0.2, 0.25) is 0 Å². The Hall–Kier alpha value is -3.54. The Morgan fingerprint density at radius 2 is 1.50 bits per heavy atom. The van der Waals surface area contributed by atoms with E-state index in [1.807, 2.05) is 0 Å². The van der Waals surface area contributed by atoms with Gasteiger partial charge in [-0.3, -0.25) is 4.98 Å². The molecular weight excluding hydrogens is 355 g/mol. The lowest BCUT2D eigenvalue weighted by atomic mass is 9.97. The Bertz CT molecular complexity index is 1030. The molecule has 0 fully saturated rings. The summed E-state index contributed by atoms with van der Waals surface area (Å²) in [6, 6.07) is 7.25. The molecule has 0 aliphatic carbocycles. The summed E-state index contributed by atoms with van der Waals surface area (Å²) in [4.78, 5) is 7.89. The van der Waals surface area contributed by atoms with Crippen LogP contribution in [0.5, 0.6) is 0 Å². The molecule has 0 aliphatic heterocycles. The van der Waals surface area contributed by atoms with Gasteiger partial charge in [-0.25, -0.2) is 26.9 Å². The number of hydrogen-bond acceptors (Lipinski definition) is 4. The fraction of sp³-hybridized carbons (Fsp3) is 0. The highest BCUT2D eigenvalue weighted by atomic mass is 19.2. The number of nitrogen functional groups attached to an aromatic ring is 1. The Morgan fingerprint density at radius 1 is 0.885 bits per heavy atom. The first-order chi connectivity index (χ1) is 12.4. The predicted octanol–water partition coefficient (Wildman–Crippen LogP) is 3.96. The average Bonchev–Trinajstić information content (AvgIpc) is 2.65. The number of pyridine rings is 2. The standard InChI is InChI=1S/C17H7F5N4/c18-12-11(13(19)15(21)16(22)14(12)20)7-5-10(9-3-1-2-4-25-9)26-17(24)8(7)6-23/h1-5H,(H2,24,26). The van der Waals surface area contributed by atoms with Crippen LogP contribution >= 0.6 is 0 Å². The van der Waals surface area contributed by atoms with E-state index in [9.17, 15) is 27.2 Å². The molecule has 130 valence electrons. The van der Waals surface area contributed by atoms with Crippen molar-refractivity contribution in [2.75, 3.05) is 5.73 Å². The number of nitrogens with zero attached hydrogens (tertiary/aromatic N) is 3. The lowest BCUT2D eigenvalue weighted by Gasteiger charge is -2.12. The summed E-state index contributed by atoms with van der Waals surface area (Å²) >= 11 is 0. The van der Waals surface area contributed by atoms with Gasteiger partial charge >= 0.3 is 0 Å². The number of nitriles is 1. The van der Waals surface area contributed by atoms with Crippen LogP contribution in [0, 0.1) is 40.4 Å². The lowest BCUT2D eigenvalue weighted by Crippen LogP contribution is -2.07. The number of anilines is 1. The molecule has 4 nitrogen and oxygen atoms in total. The molecular formula is C17H7F5N4. The monoisotopic (exact) mass is 362 g/mol. The van der Waals surface area contributed by atoms with E-state index >= 15 is 0 Å². The van der Waals surface area contributed by atoms with Crippen LogP contribution in [-0.2, 0) is 0 Å². The predicted molar refractivity (Wildman–Crippen MR) is 81.8 cm³/mol. The van der Waals surface area contributed by atoms with Crippen molar-refractivity contribution in [3.63, 3.8) is 0 Å². The summed E-state index contributed by atoms with van der Waals surface area (Å²) in [5.41, 5.74) is 3.52. The van der Waals surface area contributed by atoms with E-state index in [1.165, 1.54) is 12.3 Å². The highest BCUT2D eigenvalue weighted by Crippen LogP contribution is 2.36. The maximum absolute atomic E-state index is 14.2. The average molecular weight is 362 g/mol. The zero-order valence-corrected chi connectivity index (χ0v) is 12.7. The number of benzene rings is 1. The first-order valence-electron chi connectivity index (χ1n) is 7.00. The van der Waals surface area contributed by atoms with Gasteiger partial charge in [0.15, 0.2) is 23.3 Å². The number of rotatable bonds is 2. The molecule has 2 N–H and O–H groups in total. The molecule has 2 heterocycles. The van der Waals surface area contributed by atoms with Crippen molar-refractivity contribution in [2.45, 2.75) is 0 Å². The minimum absolute atomic E-state index is 0.000964. The molecule has 0 amide bonds. The molecule has 1 aromatic carbocycles. The van der Waals surface area contributed by atoms with Gasteiger partial charge in [0.05, 0.1) is 17.0 Å². The fourth-order valence-electron chi connectivity index (χ4n) is 2.37. The third kappa shape index (κ3) is 2.61. The van der Waals surface area contributed by atoms with Gasteiger partial charge in [0.2, 0.25) is 5.82 Å². The van der Waals surface area contributed by atoms with E-state index < -0.39 is 51.6 Å². The third-order valence-corrected chi connectivity index (χ3v) is 3.57. The van der Waals surface area contributed by atoms with Crippen LogP contribution in [0.3, 0.4) is 0 Å². The highest BCUT2D eigenvalue weighted by molar-refractivity contribution is 5.80. The molecule has 3 rings (SSSR count). The molecule has 0 radical (unpaired) electrons. The van der Waals surface area contributed by atoms with E-state index in [0.29, 0.717) is 0 Å². The van der Waals surface area contributed by atoms with Crippen molar-refractivity contribution < 1.29 is 22.0 Å². The lowest BCUT2D eigenvalue weighted by molar-refractivity contribution is 0.381. The molecule has 0 unspecified atom stereocenters. The zero-order chi connectivity index (χ0) is 19.0. The molecule has 0 spiro atoms. The molecule has 2 aromatic heterocycles. The largest absolute Gasteiger partial charge is 0.383 e. The number of hydrogen-bond donors (Lipinski definition) is 1. The van der Waals surface area contributed by atoms with Crippen LogP contribution in [-0.4, -0.2) is 9.97 Å². The van der Waals surface area contributed by atoms with Crippen molar-refractivity contribution in [1.82, 2.24) is 9.97 Å². The Morgan fingerprint density at radius 3 is 2.04 bits per heavy atom. The molecule has 26 heavy (non-hydrogen) atoms. The van der Waals surface area contributed by atoms with Crippen LogP contribution in [0.4, 0.5) is 27.8 Å². The summed E-state index contributed by atoms with van der Waals surface area (Å²) in [5.74, 6) is -11.1. The molecule has 9 heteroatoms. The molecule has 0 aliphatic rings. The van der Waals surface area contributed by atoms with Gasteiger partial charge in [-0.05, 0) is 18.2 Å². The second kappa shape index (κ2) is 6.40. The number of halogens is 5. The van der Waals surface area contributed by atoms with Crippen LogP contribution < -0.4 is 5.73 Å². The Balaban J connectivity index is 2.40. The zero-order valence-electron chi connectivity index (χ0n) is 12.7. The van der Waals surface area contributed by atoms with Crippen molar-refractivity contribution in [3.8, 4) is 28.6 Å². The van der Waals surface area contributed by atoms with Crippen molar-refractivity contribution in [1.29, 1.82) is 5.26 Å². The smallest absolute Gasteiger partial charge is 0.200 e. The minimum Gasteiger partial charge on any atom is -0.383 e. The van der Waals surface area contributed by atoms with Crippen molar-refractivity contribution in [2.24, 2.45) is 0 Å². The van der Waals surface area contributed by atoms with E-state index in [1.54, 1.807) is 18.2 Å². The van der Waals surface area contributed by atoms with Gasteiger partial charge in [0, 0.05) is 11.8 Å². The molecule has 0 atom stereocenters. The van der Waals surface area contributed by atoms with E-state index in [2.05, 4.69) is 9.97 Å². The van der Waals surface area contributed by atoms with E-state index in [0.717, 1.165) is 6.07 Å². The number of nitrogens with two attached hydrogens (primary N) is 1. The van der Waals surface area contributed by atoms with Gasteiger partial charge in [0.1, 0.15) is 17.5 Å². The first kappa shape index (κ1) is 17.3. The quantitative estimate of drug-likeness (QED) is 0.425. The Labute approximate surface area is 143 Å². The summed E-state index contributed by atoms with van der Waals surface area (Å²) in [7, 11) is 0. The van der Waals surface area contributed by atoms with Crippen LogP contribution in [0.25, 0.3) is 22.5 Å². The van der Waals surface area contributed by atoms with Gasteiger partial charge in [-0.15, -0.1) is 0 Å². The maximum Gasteiger partial charge on any atom is 0.200 e. The second-order valence-electron chi connectivity index (χ2n) is 5.09. The van der Waals surface area contributed by atoms with Gasteiger partial charge in [0.25, 0.3) is 0 Å². The third-order valence-electron chi connectivity index (χ3n) is 3.57. The minimum atomic E-state index is -2.30. The van der Waals surface area contributed by atoms with Gasteiger partial charge in [-0.2, -0.15) is 5.26 Å². The van der Waals surface area contributed by atoms with Crippen molar-refractivity contribution in [3.05, 3.63) is 65.1 Å². The highest BCUT2D eigenvalue weighted by Gasteiger charge is 2.29. The van der Waals surface area contributed by atoms with Gasteiger partial charge < -0.3 is 5.73 Å². The number of aromatic nitrogens is 2. The topological polar surface area (TPSA) is 75.6 Å². The molecule has 0 saturated carbocycles. The normalized spacial score (nSPS) is 10.6. The van der Waals surface area contributed by atoms with E-state index in [-0.39, 0.29) is 11.4 Å². The summed E-state index contributed by atoms with van der Waals surface area (Å²) < 4.78 is 68.7. The van der Waals surface area contributed by atoms with Crippen molar-refractivity contribution >= 4 is 5.82 Å². The van der Waals surface area contributed by atoms with Crippen LogP contribution in [0.1, 0.15) is 5.56 Å². The van der Waals surface area contributed by atoms with Gasteiger partial charge in [-0.1, -0.05) is 6.07 Å². The fourth-order valence-corrected chi connectivity index (χ4v) is 2.37. The maximum atomic E-state index is 14.2. The summed E-state index contributed by atoms with van der Waals surface area (Å²) in [5, 5.41) is 9.20. The van der Waals surface area contributed by atoms with E-state index in [4.69, 9.17) is 5.73 Å².